The summed E-state index contributed by atoms with van der Waals surface area (Å²) in [5.74, 6) is 1.52. The number of fused-ring (bicyclic) bond motifs is 1. The lowest BCUT2D eigenvalue weighted by molar-refractivity contribution is -0.0886. The number of ether oxygens (including phenoxy) is 3. The molecule has 1 aliphatic carbocycles. The highest BCUT2D eigenvalue weighted by molar-refractivity contribution is 5.95. The molecule has 0 aromatic heterocycles. The van der Waals surface area contributed by atoms with E-state index in [4.69, 9.17) is 14.2 Å². The van der Waals surface area contributed by atoms with E-state index in [1.807, 2.05) is 4.90 Å². The van der Waals surface area contributed by atoms with Gasteiger partial charge in [0, 0.05) is 24.6 Å². The van der Waals surface area contributed by atoms with E-state index >= 15 is 0 Å². The van der Waals surface area contributed by atoms with Crippen molar-refractivity contribution in [3.05, 3.63) is 17.7 Å². The van der Waals surface area contributed by atoms with Gasteiger partial charge in [-0.25, -0.2) is 0 Å². The highest BCUT2D eigenvalue weighted by Gasteiger charge is 2.43. The Morgan fingerprint density at radius 2 is 1.80 bits per heavy atom. The number of likely N-dealkylation sites (tertiary alicyclic amines) is 1. The van der Waals surface area contributed by atoms with Gasteiger partial charge in [-0.05, 0) is 31.4 Å². The first-order valence-corrected chi connectivity index (χ1v) is 8.84. The number of carbonyl (C=O) groups is 1. The second-order valence-electron chi connectivity index (χ2n) is 6.96. The summed E-state index contributed by atoms with van der Waals surface area (Å²) in [6, 6.07) is 3.37. The first-order valence-electron chi connectivity index (χ1n) is 8.84. The van der Waals surface area contributed by atoms with E-state index in [2.05, 4.69) is 0 Å². The Bertz CT molecular complexity index is 622. The third-order valence-electron chi connectivity index (χ3n) is 5.63. The van der Waals surface area contributed by atoms with E-state index in [0.717, 1.165) is 25.7 Å². The summed E-state index contributed by atoms with van der Waals surface area (Å²) in [4.78, 5) is 14.8. The first-order chi connectivity index (χ1) is 12.0. The van der Waals surface area contributed by atoms with Crippen molar-refractivity contribution in [2.24, 2.45) is 5.92 Å². The molecule has 2 fully saturated rings. The SMILES string of the molecule is COc1cc(C(=O)N2CC[C@@]3(O)CCCC[C@H]3C2)cc(OC)c1OC. The Labute approximate surface area is 148 Å². The minimum Gasteiger partial charge on any atom is -0.493 e. The van der Waals surface area contributed by atoms with Crippen LogP contribution < -0.4 is 14.2 Å². The second kappa shape index (κ2) is 7.12. The standard InChI is InChI=1S/C19H27NO5/c1-23-15-10-13(11-16(24-2)17(15)25-3)18(21)20-9-8-19(22)7-5-4-6-14(19)12-20/h10-11,14,22H,4-9,12H2,1-3H3/t14-,19-/m0/s1. The van der Waals surface area contributed by atoms with Crippen LogP contribution in [0.5, 0.6) is 17.2 Å². The lowest BCUT2D eigenvalue weighted by Gasteiger charge is -2.47. The van der Waals surface area contributed by atoms with Crippen LogP contribution in [0.1, 0.15) is 42.5 Å². The third kappa shape index (κ3) is 3.27. The maximum atomic E-state index is 13.0. The smallest absolute Gasteiger partial charge is 0.254 e. The molecule has 1 saturated carbocycles. The Kier molecular flexibility index (Phi) is 5.08. The molecule has 6 nitrogen and oxygen atoms in total. The number of nitrogens with zero attached hydrogens (tertiary/aromatic N) is 1. The highest BCUT2D eigenvalue weighted by Crippen LogP contribution is 2.41. The molecule has 1 amide bonds. The molecule has 25 heavy (non-hydrogen) atoms. The zero-order valence-electron chi connectivity index (χ0n) is 15.2. The van der Waals surface area contributed by atoms with Crippen molar-refractivity contribution in [1.82, 2.24) is 4.90 Å². The molecule has 3 rings (SSSR count). The molecule has 0 unspecified atom stereocenters. The summed E-state index contributed by atoms with van der Waals surface area (Å²) in [6.07, 6.45) is 4.68. The van der Waals surface area contributed by atoms with Gasteiger partial charge in [-0.1, -0.05) is 12.8 Å². The van der Waals surface area contributed by atoms with E-state index in [9.17, 15) is 9.90 Å². The molecule has 2 atom stereocenters. The van der Waals surface area contributed by atoms with Crippen molar-refractivity contribution < 1.29 is 24.1 Å². The monoisotopic (exact) mass is 349 g/mol. The number of rotatable bonds is 4. The molecule has 1 N–H and O–H groups in total. The van der Waals surface area contributed by atoms with Gasteiger partial charge in [0.1, 0.15) is 0 Å². The molecular formula is C19H27NO5. The Morgan fingerprint density at radius 3 is 2.40 bits per heavy atom. The molecule has 6 heteroatoms. The molecule has 1 aromatic carbocycles. The van der Waals surface area contributed by atoms with Crippen molar-refractivity contribution in [3.8, 4) is 17.2 Å². The summed E-state index contributed by atoms with van der Waals surface area (Å²) >= 11 is 0. The average Bonchev–Trinajstić information content (AvgIpc) is 2.65. The molecule has 1 heterocycles. The van der Waals surface area contributed by atoms with Crippen LogP contribution in [0.25, 0.3) is 0 Å². The van der Waals surface area contributed by atoms with Gasteiger partial charge < -0.3 is 24.2 Å². The van der Waals surface area contributed by atoms with E-state index in [-0.39, 0.29) is 11.8 Å². The molecule has 0 bridgehead atoms. The number of carbonyl (C=O) groups excluding carboxylic acids is 1. The number of piperidine rings is 1. The lowest BCUT2D eigenvalue weighted by Crippen LogP contribution is -2.54. The zero-order valence-corrected chi connectivity index (χ0v) is 15.2. The van der Waals surface area contributed by atoms with Crippen molar-refractivity contribution in [3.63, 3.8) is 0 Å². The number of methoxy groups -OCH3 is 3. The van der Waals surface area contributed by atoms with Gasteiger partial charge in [-0.2, -0.15) is 0 Å². The maximum Gasteiger partial charge on any atom is 0.254 e. The Hall–Kier alpha value is -1.95. The topological polar surface area (TPSA) is 68.2 Å². The molecule has 1 saturated heterocycles. The summed E-state index contributed by atoms with van der Waals surface area (Å²) in [5.41, 5.74) is -0.0830. The zero-order chi connectivity index (χ0) is 18.0. The fourth-order valence-corrected chi connectivity index (χ4v) is 4.14. The average molecular weight is 349 g/mol. The number of amides is 1. The summed E-state index contributed by atoms with van der Waals surface area (Å²) in [6.45, 7) is 1.18. The number of aliphatic hydroxyl groups is 1. The minimum absolute atomic E-state index is 0.0631. The number of hydrogen-bond donors (Lipinski definition) is 1. The lowest BCUT2D eigenvalue weighted by atomic mass is 9.71. The Balaban J connectivity index is 1.83. The van der Waals surface area contributed by atoms with Gasteiger partial charge in [-0.15, -0.1) is 0 Å². The summed E-state index contributed by atoms with van der Waals surface area (Å²) in [5, 5.41) is 10.8. The first kappa shape index (κ1) is 17.9. The van der Waals surface area contributed by atoms with Crippen LogP contribution in [0, 0.1) is 5.92 Å². The van der Waals surface area contributed by atoms with Crippen molar-refractivity contribution >= 4 is 5.91 Å². The van der Waals surface area contributed by atoms with Crippen LogP contribution in [0.3, 0.4) is 0 Å². The Morgan fingerprint density at radius 1 is 1.12 bits per heavy atom. The van der Waals surface area contributed by atoms with Crippen LogP contribution in [0.4, 0.5) is 0 Å². The molecule has 138 valence electrons. The van der Waals surface area contributed by atoms with Crippen molar-refractivity contribution in [2.75, 3.05) is 34.4 Å². The number of hydrogen-bond acceptors (Lipinski definition) is 5. The van der Waals surface area contributed by atoms with Gasteiger partial charge in [0.15, 0.2) is 11.5 Å². The predicted molar refractivity (Wildman–Crippen MR) is 93.5 cm³/mol. The maximum absolute atomic E-state index is 13.0. The fourth-order valence-electron chi connectivity index (χ4n) is 4.14. The van der Waals surface area contributed by atoms with E-state index in [0.29, 0.717) is 42.3 Å². The highest BCUT2D eigenvalue weighted by atomic mass is 16.5. The van der Waals surface area contributed by atoms with Crippen LogP contribution >= 0.6 is 0 Å². The largest absolute Gasteiger partial charge is 0.493 e. The van der Waals surface area contributed by atoms with Gasteiger partial charge in [-0.3, -0.25) is 4.79 Å². The molecule has 0 radical (unpaired) electrons. The van der Waals surface area contributed by atoms with Gasteiger partial charge in [0.25, 0.3) is 5.91 Å². The van der Waals surface area contributed by atoms with E-state index in [1.165, 1.54) is 21.3 Å². The molecule has 1 aromatic rings. The van der Waals surface area contributed by atoms with Crippen LogP contribution in [0.2, 0.25) is 0 Å². The van der Waals surface area contributed by atoms with Crippen LogP contribution in [0.15, 0.2) is 12.1 Å². The van der Waals surface area contributed by atoms with Crippen molar-refractivity contribution in [2.45, 2.75) is 37.7 Å². The van der Waals surface area contributed by atoms with Gasteiger partial charge >= 0.3 is 0 Å². The quantitative estimate of drug-likeness (QED) is 0.904. The van der Waals surface area contributed by atoms with Gasteiger partial charge in [0.05, 0.1) is 26.9 Å². The summed E-state index contributed by atoms with van der Waals surface area (Å²) < 4.78 is 16.0. The van der Waals surface area contributed by atoms with Crippen LogP contribution in [-0.4, -0.2) is 55.9 Å². The van der Waals surface area contributed by atoms with Crippen molar-refractivity contribution in [1.29, 1.82) is 0 Å². The summed E-state index contributed by atoms with van der Waals surface area (Å²) in [7, 11) is 4.61. The molecule has 1 aliphatic heterocycles. The second-order valence-corrected chi connectivity index (χ2v) is 6.96. The third-order valence-corrected chi connectivity index (χ3v) is 5.63. The predicted octanol–water partition coefficient (Wildman–Crippen LogP) is 2.48. The van der Waals surface area contributed by atoms with Crippen LogP contribution in [-0.2, 0) is 0 Å². The molecule has 2 aliphatic rings. The molecule has 0 spiro atoms. The normalized spacial score (nSPS) is 25.9. The number of benzene rings is 1. The van der Waals surface area contributed by atoms with E-state index in [1.54, 1.807) is 12.1 Å². The minimum atomic E-state index is -0.593. The molecular weight excluding hydrogens is 322 g/mol. The van der Waals surface area contributed by atoms with Gasteiger partial charge in [0.2, 0.25) is 5.75 Å². The van der Waals surface area contributed by atoms with E-state index < -0.39 is 5.60 Å². The fraction of sp³-hybridized carbons (Fsp3) is 0.632.